The van der Waals surface area contributed by atoms with E-state index in [-0.39, 0.29) is 11.2 Å². The van der Waals surface area contributed by atoms with Crippen LogP contribution in [0.1, 0.15) is 77.0 Å². The highest BCUT2D eigenvalue weighted by molar-refractivity contribution is 4.90. The molecule has 18 heavy (non-hydrogen) atoms. The number of hydrogen-bond donors (Lipinski definition) is 2. The van der Waals surface area contributed by atoms with Crippen molar-refractivity contribution in [3.05, 3.63) is 0 Å². The molecule has 106 valence electrons. The van der Waals surface area contributed by atoms with Crippen molar-refractivity contribution in [1.29, 1.82) is 0 Å². The minimum absolute atomic E-state index is 0.388. The largest absolute Gasteiger partial charge is 0.251 e. The standard InChI is InChI=1S/C14H26O4/c15-17-13(7-3-1-4-8-13)11-12-14(18-16)9-5-2-6-10-14/h15-16H,1-12H2. The highest BCUT2D eigenvalue weighted by Crippen LogP contribution is 2.41. The zero-order valence-corrected chi connectivity index (χ0v) is 11.2. The fourth-order valence-corrected chi connectivity index (χ4v) is 3.62. The van der Waals surface area contributed by atoms with E-state index in [4.69, 9.17) is 9.78 Å². The van der Waals surface area contributed by atoms with Gasteiger partial charge in [0.2, 0.25) is 0 Å². The third kappa shape index (κ3) is 3.23. The SMILES string of the molecule is OOC1(CCC2(OO)CCCCC2)CCCCC1. The predicted molar refractivity (Wildman–Crippen MR) is 68.3 cm³/mol. The second-order valence-electron chi connectivity index (χ2n) is 6.17. The Morgan fingerprint density at radius 3 is 1.22 bits per heavy atom. The van der Waals surface area contributed by atoms with Gasteiger partial charge in [-0.3, -0.25) is 10.5 Å². The quantitative estimate of drug-likeness (QED) is 0.574. The molecule has 0 heterocycles. The lowest BCUT2D eigenvalue weighted by Gasteiger charge is -2.39. The van der Waals surface area contributed by atoms with Gasteiger partial charge in [-0.15, -0.1) is 0 Å². The van der Waals surface area contributed by atoms with E-state index in [1.165, 1.54) is 12.8 Å². The maximum absolute atomic E-state index is 9.22. The van der Waals surface area contributed by atoms with E-state index in [1.807, 2.05) is 0 Å². The van der Waals surface area contributed by atoms with Crippen LogP contribution in [0.5, 0.6) is 0 Å². The molecule has 2 aliphatic rings. The Labute approximate surface area is 109 Å². The summed E-state index contributed by atoms with van der Waals surface area (Å²) in [6, 6.07) is 0. The van der Waals surface area contributed by atoms with Crippen molar-refractivity contribution in [2.75, 3.05) is 0 Å². The Balaban J connectivity index is 1.91. The molecule has 2 rings (SSSR count). The first kappa shape index (κ1) is 14.3. The van der Waals surface area contributed by atoms with Gasteiger partial charge in [-0.05, 0) is 38.5 Å². The smallest absolute Gasteiger partial charge is 0.103 e. The second kappa shape index (κ2) is 6.33. The van der Waals surface area contributed by atoms with E-state index in [0.29, 0.717) is 0 Å². The molecule has 2 aliphatic carbocycles. The van der Waals surface area contributed by atoms with E-state index in [2.05, 4.69) is 0 Å². The summed E-state index contributed by atoms with van der Waals surface area (Å²) in [6.07, 6.45) is 12.2. The summed E-state index contributed by atoms with van der Waals surface area (Å²) in [7, 11) is 0. The first-order valence-corrected chi connectivity index (χ1v) is 7.39. The third-order valence-electron chi connectivity index (χ3n) is 4.95. The molecule has 2 fully saturated rings. The van der Waals surface area contributed by atoms with Crippen LogP contribution in [0.4, 0.5) is 0 Å². The van der Waals surface area contributed by atoms with Crippen molar-refractivity contribution in [1.82, 2.24) is 0 Å². The average molecular weight is 258 g/mol. The molecule has 4 heteroatoms. The fourth-order valence-electron chi connectivity index (χ4n) is 3.62. The zero-order chi connectivity index (χ0) is 12.9. The topological polar surface area (TPSA) is 58.9 Å². The molecule has 4 nitrogen and oxygen atoms in total. The van der Waals surface area contributed by atoms with Gasteiger partial charge in [-0.25, -0.2) is 9.78 Å². The Bertz CT molecular complexity index is 216. The van der Waals surface area contributed by atoms with Gasteiger partial charge in [0.1, 0.15) is 11.2 Å². The van der Waals surface area contributed by atoms with Gasteiger partial charge in [-0.2, -0.15) is 0 Å². The van der Waals surface area contributed by atoms with Crippen molar-refractivity contribution < 1.29 is 20.3 Å². The van der Waals surface area contributed by atoms with Crippen LogP contribution in [-0.2, 0) is 9.78 Å². The van der Waals surface area contributed by atoms with Gasteiger partial charge < -0.3 is 0 Å². The van der Waals surface area contributed by atoms with E-state index in [9.17, 15) is 10.5 Å². The summed E-state index contributed by atoms with van der Waals surface area (Å²) < 4.78 is 0. The molecular weight excluding hydrogens is 232 g/mol. The van der Waals surface area contributed by atoms with Crippen LogP contribution < -0.4 is 0 Å². The van der Waals surface area contributed by atoms with Crippen LogP contribution in [0.3, 0.4) is 0 Å². The molecule has 0 radical (unpaired) electrons. The van der Waals surface area contributed by atoms with E-state index >= 15 is 0 Å². The van der Waals surface area contributed by atoms with Crippen LogP contribution in [0.2, 0.25) is 0 Å². The first-order chi connectivity index (χ1) is 8.74. The van der Waals surface area contributed by atoms with Crippen LogP contribution >= 0.6 is 0 Å². The Hall–Kier alpha value is -0.160. The lowest BCUT2D eigenvalue weighted by Crippen LogP contribution is -2.40. The molecule has 0 aromatic rings. The molecule has 0 aliphatic heterocycles. The van der Waals surface area contributed by atoms with Crippen molar-refractivity contribution in [2.45, 2.75) is 88.3 Å². The van der Waals surface area contributed by atoms with E-state index < -0.39 is 0 Å². The maximum atomic E-state index is 9.22. The van der Waals surface area contributed by atoms with Gasteiger partial charge in [0, 0.05) is 0 Å². The molecule has 0 aromatic carbocycles. The molecule has 0 saturated heterocycles. The molecule has 0 aromatic heterocycles. The third-order valence-corrected chi connectivity index (χ3v) is 4.95. The zero-order valence-electron chi connectivity index (χ0n) is 11.2. The van der Waals surface area contributed by atoms with Gasteiger partial charge in [0.15, 0.2) is 0 Å². The summed E-state index contributed by atoms with van der Waals surface area (Å²) in [5, 5.41) is 18.4. The van der Waals surface area contributed by atoms with Crippen molar-refractivity contribution in [3.63, 3.8) is 0 Å². The fraction of sp³-hybridized carbons (Fsp3) is 1.00. The summed E-state index contributed by atoms with van der Waals surface area (Å²) in [6.45, 7) is 0. The van der Waals surface area contributed by atoms with Crippen LogP contribution in [0.25, 0.3) is 0 Å². The maximum Gasteiger partial charge on any atom is 0.103 e. The van der Waals surface area contributed by atoms with Gasteiger partial charge >= 0.3 is 0 Å². The molecular formula is C14H26O4. The highest BCUT2D eigenvalue weighted by atomic mass is 17.1. The molecule has 0 bridgehead atoms. The van der Waals surface area contributed by atoms with Crippen LogP contribution in [0.15, 0.2) is 0 Å². The minimum atomic E-state index is -0.388. The normalized spacial score (nSPS) is 27.0. The van der Waals surface area contributed by atoms with Crippen molar-refractivity contribution in [3.8, 4) is 0 Å². The number of hydrogen-bond acceptors (Lipinski definition) is 4. The molecule has 0 amide bonds. The Kier molecular flexibility index (Phi) is 5.01. The van der Waals surface area contributed by atoms with Crippen LogP contribution in [0, 0.1) is 0 Å². The summed E-state index contributed by atoms with van der Waals surface area (Å²) in [5.41, 5.74) is -0.775. The minimum Gasteiger partial charge on any atom is -0.251 e. The molecule has 0 atom stereocenters. The lowest BCUT2D eigenvalue weighted by atomic mass is 9.75. The summed E-state index contributed by atoms with van der Waals surface area (Å²) in [4.78, 5) is 9.64. The van der Waals surface area contributed by atoms with E-state index in [0.717, 1.165) is 64.2 Å². The van der Waals surface area contributed by atoms with Gasteiger partial charge in [-0.1, -0.05) is 38.5 Å². The molecule has 0 unspecified atom stereocenters. The van der Waals surface area contributed by atoms with Crippen LogP contribution in [-0.4, -0.2) is 21.7 Å². The van der Waals surface area contributed by atoms with Gasteiger partial charge in [0.25, 0.3) is 0 Å². The summed E-state index contributed by atoms with van der Waals surface area (Å²) in [5.74, 6) is 0. The monoisotopic (exact) mass is 258 g/mol. The number of rotatable bonds is 5. The highest BCUT2D eigenvalue weighted by Gasteiger charge is 2.40. The molecule has 2 saturated carbocycles. The van der Waals surface area contributed by atoms with Gasteiger partial charge in [0.05, 0.1) is 0 Å². The first-order valence-electron chi connectivity index (χ1n) is 7.39. The Morgan fingerprint density at radius 1 is 0.611 bits per heavy atom. The molecule has 0 spiro atoms. The predicted octanol–water partition coefficient (Wildman–Crippen LogP) is 4.15. The van der Waals surface area contributed by atoms with Crippen molar-refractivity contribution in [2.24, 2.45) is 0 Å². The average Bonchev–Trinajstić information content (AvgIpc) is 2.47. The van der Waals surface area contributed by atoms with E-state index in [1.54, 1.807) is 0 Å². The Morgan fingerprint density at radius 2 is 0.944 bits per heavy atom. The lowest BCUT2D eigenvalue weighted by molar-refractivity contribution is -0.351. The molecule has 2 N–H and O–H groups in total. The van der Waals surface area contributed by atoms with Crippen molar-refractivity contribution >= 4 is 0 Å². The second-order valence-corrected chi connectivity index (χ2v) is 6.17. The summed E-state index contributed by atoms with van der Waals surface area (Å²) >= 11 is 0.